The largest absolute Gasteiger partial charge is 0.456 e. The third-order valence-corrected chi connectivity index (χ3v) is 20.1. The van der Waals surface area contributed by atoms with Gasteiger partial charge in [-0.1, -0.05) is 196 Å². The number of furan rings is 2. The molecule has 0 amide bonds. The average molecular weight is 1100 g/mol. The van der Waals surface area contributed by atoms with Crippen LogP contribution in [0.5, 0.6) is 0 Å². The van der Waals surface area contributed by atoms with Crippen LogP contribution in [-0.4, -0.2) is 4.57 Å². The fraction of sp³-hybridized carbons (Fsp3) is 0.0976. The number of aryl methyl sites for hydroxylation is 2. The lowest BCUT2D eigenvalue weighted by molar-refractivity contribution is 0.631. The lowest BCUT2D eigenvalue weighted by atomic mass is 9.64. The molecule has 406 valence electrons. The van der Waals surface area contributed by atoms with E-state index in [2.05, 4.69) is 272 Å². The summed E-state index contributed by atoms with van der Waals surface area (Å²) in [6.07, 6.45) is 3.51. The molecule has 1 aliphatic heterocycles. The van der Waals surface area contributed by atoms with Gasteiger partial charge in [-0.2, -0.15) is 0 Å². The molecule has 2 unspecified atom stereocenters. The molecule has 86 heavy (non-hydrogen) atoms. The van der Waals surface area contributed by atoms with E-state index in [1.165, 1.54) is 121 Å². The van der Waals surface area contributed by atoms with Crippen LogP contribution < -0.4 is 4.90 Å². The van der Waals surface area contributed by atoms with Gasteiger partial charge in [-0.15, -0.1) is 0 Å². The summed E-state index contributed by atoms with van der Waals surface area (Å²) in [6, 6.07) is 94.7. The smallest absolute Gasteiger partial charge is 0.159 e. The third-order valence-electron chi connectivity index (χ3n) is 20.1. The minimum absolute atomic E-state index is 0.0426. The molecule has 2 aliphatic carbocycles. The lowest BCUT2D eigenvalue weighted by Gasteiger charge is -2.40. The first-order chi connectivity index (χ1) is 42.5. The summed E-state index contributed by atoms with van der Waals surface area (Å²) >= 11 is 0. The van der Waals surface area contributed by atoms with Crippen LogP contribution in [0.1, 0.15) is 69.8 Å². The van der Waals surface area contributed by atoms with Gasteiger partial charge in [0.15, 0.2) is 5.58 Å². The SMILES string of the molecule is CCc1ccc(N(c2ccc3c(c2)c2cc4cc5c2n3-c2ccccc2C52c3ccc5ccccc5c3-c3c2cc(c2ccccc32)-c2cc(CC)ccc2CC(c2cccc3c2oc2ccccc23)C4)c2cccc3c2oc2ccccc23)cc1. The van der Waals surface area contributed by atoms with Crippen molar-refractivity contribution in [3.05, 3.63) is 299 Å². The van der Waals surface area contributed by atoms with Crippen LogP contribution in [-0.2, 0) is 31.1 Å². The van der Waals surface area contributed by atoms with E-state index >= 15 is 0 Å². The number of hydrogen-bond acceptors (Lipinski definition) is 3. The van der Waals surface area contributed by atoms with Crippen molar-refractivity contribution in [1.82, 2.24) is 4.57 Å². The van der Waals surface area contributed by atoms with Crippen molar-refractivity contribution >= 4 is 104 Å². The molecule has 0 radical (unpaired) electrons. The molecular weight excluding hydrogens is 1040 g/mol. The highest BCUT2D eigenvalue weighted by Crippen LogP contribution is 2.65. The van der Waals surface area contributed by atoms with Gasteiger partial charge in [-0.05, 0) is 192 Å². The summed E-state index contributed by atoms with van der Waals surface area (Å²) in [5, 5.41) is 12.1. The molecule has 4 heterocycles. The maximum Gasteiger partial charge on any atom is 0.159 e. The molecule has 4 bridgehead atoms. The normalized spacial score (nSPS) is 15.7. The fourth-order valence-corrected chi connectivity index (χ4v) is 16.3. The second-order valence-electron chi connectivity index (χ2n) is 24.3. The molecule has 1 spiro atoms. The molecule has 19 rings (SSSR count). The predicted octanol–water partition coefficient (Wildman–Crippen LogP) is 21.7. The Morgan fingerprint density at radius 1 is 0.430 bits per heavy atom. The van der Waals surface area contributed by atoms with Crippen LogP contribution in [0.2, 0.25) is 0 Å². The second-order valence-corrected chi connectivity index (χ2v) is 24.3. The zero-order valence-corrected chi connectivity index (χ0v) is 47.8. The van der Waals surface area contributed by atoms with Crippen LogP contribution in [0.15, 0.2) is 258 Å². The number of aromatic nitrogens is 1. The Morgan fingerprint density at radius 3 is 1.91 bits per heavy atom. The van der Waals surface area contributed by atoms with Crippen molar-refractivity contribution in [3.8, 4) is 27.9 Å². The predicted molar refractivity (Wildman–Crippen MR) is 357 cm³/mol. The highest BCUT2D eigenvalue weighted by atomic mass is 16.3. The van der Waals surface area contributed by atoms with Gasteiger partial charge in [0.05, 0.1) is 27.8 Å². The maximum absolute atomic E-state index is 7.04. The molecule has 0 fully saturated rings. The molecule has 0 N–H and O–H groups in total. The number of hydrogen-bond donors (Lipinski definition) is 0. The average Bonchev–Trinajstić information content (AvgIpc) is 1.48. The van der Waals surface area contributed by atoms with Crippen molar-refractivity contribution < 1.29 is 8.83 Å². The number of benzene rings is 13. The van der Waals surface area contributed by atoms with Crippen LogP contribution >= 0.6 is 0 Å². The van der Waals surface area contributed by atoms with E-state index in [-0.39, 0.29) is 5.92 Å². The Balaban J connectivity index is 0.971. The van der Waals surface area contributed by atoms with Crippen LogP contribution in [0.3, 0.4) is 0 Å². The highest BCUT2D eigenvalue weighted by molar-refractivity contribution is 6.20. The Bertz CT molecular complexity index is 5600. The molecule has 2 atom stereocenters. The van der Waals surface area contributed by atoms with Gasteiger partial charge < -0.3 is 18.3 Å². The molecule has 0 saturated heterocycles. The minimum atomic E-state index is -0.717. The van der Waals surface area contributed by atoms with Gasteiger partial charge >= 0.3 is 0 Å². The molecule has 3 aromatic heterocycles. The van der Waals surface area contributed by atoms with E-state index in [0.29, 0.717) is 0 Å². The molecule has 4 heteroatoms. The first kappa shape index (κ1) is 48.0. The molecule has 3 aliphatic rings. The van der Waals surface area contributed by atoms with Crippen LogP contribution in [0, 0.1) is 0 Å². The summed E-state index contributed by atoms with van der Waals surface area (Å²) < 4.78 is 16.6. The summed E-state index contributed by atoms with van der Waals surface area (Å²) in [5.74, 6) is 0.0426. The van der Waals surface area contributed by atoms with E-state index in [1.54, 1.807) is 0 Å². The fourth-order valence-electron chi connectivity index (χ4n) is 16.3. The van der Waals surface area contributed by atoms with Crippen LogP contribution in [0.25, 0.3) is 115 Å². The number of anilines is 3. The number of nitrogens with zero attached hydrogens (tertiary/aromatic N) is 2. The van der Waals surface area contributed by atoms with Crippen molar-refractivity contribution in [2.24, 2.45) is 0 Å². The van der Waals surface area contributed by atoms with E-state index < -0.39 is 5.41 Å². The van der Waals surface area contributed by atoms with Crippen molar-refractivity contribution in [2.75, 3.05) is 4.90 Å². The first-order valence-corrected chi connectivity index (χ1v) is 30.7. The Hall–Kier alpha value is -10.4. The van der Waals surface area contributed by atoms with E-state index in [9.17, 15) is 0 Å². The summed E-state index contributed by atoms with van der Waals surface area (Å²) in [5.41, 5.74) is 26.8. The van der Waals surface area contributed by atoms with Gasteiger partial charge in [0.1, 0.15) is 16.7 Å². The van der Waals surface area contributed by atoms with E-state index in [4.69, 9.17) is 8.83 Å². The Kier molecular flexibility index (Phi) is 9.94. The first-order valence-electron chi connectivity index (χ1n) is 30.7. The molecular formula is C82H56N2O2. The monoisotopic (exact) mass is 1100 g/mol. The van der Waals surface area contributed by atoms with Crippen molar-refractivity contribution in [1.29, 1.82) is 0 Å². The van der Waals surface area contributed by atoms with Gasteiger partial charge in [-0.25, -0.2) is 0 Å². The topological polar surface area (TPSA) is 34.5 Å². The highest BCUT2D eigenvalue weighted by Gasteiger charge is 2.52. The van der Waals surface area contributed by atoms with Gasteiger partial charge in [-0.3, -0.25) is 0 Å². The standard InChI is InChI=1S/C82H56N2O2/c1-3-48-32-36-54(37-33-48)83(74-28-16-25-63-60-21-10-14-30-76(60)86-81(63)74)55-38-40-72-66(46-55)67-43-50-41-53(57-23-15-24-62-59-20-9-13-29-75(59)85-80(57)62)45-52-34-31-49(4-2)42-64(52)65-47-70-78(61-22-8-7-19-58(61)65)77-56-18-6-5-17-51(56)35-39-69(77)82(70)68-26-11-12-27-73(68)84(72)79(67)71(82)44-50/h5-40,42-44,46-47,53H,3-4,41,45H2,1-2H3. The van der Waals surface area contributed by atoms with Crippen LogP contribution in [0.4, 0.5) is 17.1 Å². The summed E-state index contributed by atoms with van der Waals surface area (Å²) in [4.78, 5) is 2.42. The molecule has 4 nitrogen and oxygen atoms in total. The summed E-state index contributed by atoms with van der Waals surface area (Å²) in [6.45, 7) is 4.52. The molecule has 13 aromatic carbocycles. The zero-order chi connectivity index (χ0) is 56.5. The third kappa shape index (κ3) is 6.43. The molecule has 0 saturated carbocycles. The van der Waals surface area contributed by atoms with Gasteiger partial charge in [0, 0.05) is 43.7 Å². The Labute approximate surface area is 497 Å². The van der Waals surface area contributed by atoms with Gasteiger partial charge in [0.2, 0.25) is 0 Å². The second kappa shape index (κ2) is 17.8. The minimum Gasteiger partial charge on any atom is -0.456 e. The van der Waals surface area contributed by atoms with Crippen molar-refractivity contribution in [3.63, 3.8) is 0 Å². The molecule has 16 aromatic rings. The van der Waals surface area contributed by atoms with E-state index in [1.807, 2.05) is 0 Å². The lowest BCUT2D eigenvalue weighted by Crippen LogP contribution is -2.34. The number of para-hydroxylation sites is 5. The zero-order valence-electron chi connectivity index (χ0n) is 47.8. The maximum atomic E-state index is 7.04. The summed E-state index contributed by atoms with van der Waals surface area (Å²) in [7, 11) is 0. The van der Waals surface area contributed by atoms with Gasteiger partial charge in [0.25, 0.3) is 0 Å². The Morgan fingerprint density at radius 2 is 1.09 bits per heavy atom. The van der Waals surface area contributed by atoms with Crippen molar-refractivity contribution in [2.45, 2.75) is 50.9 Å². The number of fused-ring (bicyclic) bond motifs is 22. The number of rotatable bonds is 6. The quantitative estimate of drug-likeness (QED) is 0.166. The van der Waals surface area contributed by atoms with E-state index in [0.717, 1.165) is 86.6 Å².